The molecule has 0 radical (unpaired) electrons. The van der Waals surface area contributed by atoms with Crippen molar-refractivity contribution < 1.29 is 19.4 Å². The fraction of sp³-hybridized carbons (Fsp3) is 0.600. The third kappa shape index (κ3) is 6.42. The van der Waals surface area contributed by atoms with E-state index in [1.54, 1.807) is 0 Å². The van der Waals surface area contributed by atoms with Crippen molar-refractivity contribution in [2.24, 2.45) is 10.2 Å². The number of ether oxygens (including phenoxy) is 1. The van der Waals surface area contributed by atoms with Crippen molar-refractivity contribution in [3.05, 3.63) is 0 Å². The highest BCUT2D eigenvalue weighted by Gasteiger charge is 1.98. The molecule has 0 unspecified atom stereocenters. The molecule has 6 heteroatoms. The van der Waals surface area contributed by atoms with Crippen LogP contribution in [-0.4, -0.2) is 23.9 Å². The molecule has 2 amide bonds. The average molecular weight is 160 g/mol. The summed E-state index contributed by atoms with van der Waals surface area (Å²) in [6, 6.07) is 0. The largest absolute Gasteiger partial charge is 0.462 e. The van der Waals surface area contributed by atoms with Crippen molar-refractivity contribution in [3.8, 4) is 0 Å². The molecule has 0 fully saturated rings. The second-order valence-corrected chi connectivity index (χ2v) is 1.60. The highest BCUT2D eigenvalue weighted by Crippen LogP contribution is 1.87. The zero-order valence-electron chi connectivity index (χ0n) is 5.98. The molecule has 0 heterocycles. The third-order valence-corrected chi connectivity index (χ3v) is 0.647. The second kappa shape index (κ2) is 5.33. The lowest BCUT2D eigenvalue weighted by Crippen LogP contribution is -1.99. The number of hydrogen-bond donors (Lipinski definition) is 1. The standard InChI is InChI=1S/C5H8N2O4/c1-2-3-11-5(10)7-6-4(8)9/h2-3H2,1H3,(H,8,9)/b7-6+. The SMILES string of the molecule is CCCOC(=O)/N=N/C(=O)O. The molecule has 1 N–H and O–H groups in total. The zero-order chi connectivity index (χ0) is 8.69. The normalized spacial score (nSPS) is 9.91. The monoisotopic (exact) mass is 160 g/mol. The van der Waals surface area contributed by atoms with Crippen LogP contribution in [0.3, 0.4) is 0 Å². The number of amides is 2. The summed E-state index contributed by atoms with van der Waals surface area (Å²) >= 11 is 0. The maximum absolute atomic E-state index is 10.4. The smallest absolute Gasteiger partial charge is 0.452 e. The Morgan fingerprint density at radius 1 is 1.45 bits per heavy atom. The van der Waals surface area contributed by atoms with Crippen LogP contribution >= 0.6 is 0 Å². The minimum atomic E-state index is -1.52. The molecule has 6 nitrogen and oxygen atoms in total. The first-order valence-electron chi connectivity index (χ1n) is 2.98. The average Bonchev–Trinajstić information content (AvgIpc) is 1.97. The van der Waals surface area contributed by atoms with Gasteiger partial charge >= 0.3 is 12.2 Å². The highest BCUT2D eigenvalue weighted by atomic mass is 16.5. The van der Waals surface area contributed by atoms with Crippen LogP contribution in [0.25, 0.3) is 0 Å². The molecule has 0 aliphatic heterocycles. The number of rotatable bonds is 2. The van der Waals surface area contributed by atoms with Gasteiger partial charge in [-0.15, -0.1) is 0 Å². The van der Waals surface area contributed by atoms with Gasteiger partial charge in [-0.25, -0.2) is 9.59 Å². The topological polar surface area (TPSA) is 88.3 Å². The molecule has 0 bridgehead atoms. The number of hydrogen-bond acceptors (Lipinski definition) is 3. The van der Waals surface area contributed by atoms with Crippen LogP contribution in [0.1, 0.15) is 13.3 Å². The molecule has 0 saturated carbocycles. The molecular weight excluding hydrogens is 152 g/mol. The minimum absolute atomic E-state index is 0.220. The first-order chi connectivity index (χ1) is 5.16. The molecule has 0 aromatic rings. The van der Waals surface area contributed by atoms with E-state index in [0.717, 1.165) is 0 Å². The number of carbonyl (C=O) groups is 2. The Bertz CT molecular complexity index is 177. The first kappa shape index (κ1) is 9.54. The Labute approximate surface area is 62.9 Å². The molecule has 11 heavy (non-hydrogen) atoms. The van der Waals surface area contributed by atoms with E-state index in [0.29, 0.717) is 6.42 Å². The first-order valence-corrected chi connectivity index (χ1v) is 2.98. The van der Waals surface area contributed by atoms with Crippen LogP contribution in [0.5, 0.6) is 0 Å². The lowest BCUT2D eigenvalue weighted by atomic mass is 10.5. The van der Waals surface area contributed by atoms with Gasteiger partial charge < -0.3 is 9.84 Å². The van der Waals surface area contributed by atoms with Crippen LogP contribution in [0.15, 0.2) is 10.2 Å². The molecule has 0 aliphatic carbocycles. The number of azo groups is 1. The van der Waals surface area contributed by atoms with E-state index in [2.05, 4.69) is 15.0 Å². The number of carbonyl (C=O) groups excluding carboxylic acids is 1. The van der Waals surface area contributed by atoms with E-state index in [9.17, 15) is 9.59 Å². The van der Waals surface area contributed by atoms with Gasteiger partial charge in [-0.1, -0.05) is 17.2 Å². The van der Waals surface area contributed by atoms with Gasteiger partial charge in [-0.2, -0.15) is 0 Å². The summed E-state index contributed by atoms with van der Waals surface area (Å²) in [6.07, 6.45) is -1.83. The Hall–Kier alpha value is -1.46. The number of carboxylic acid groups (broad SMARTS) is 1. The van der Waals surface area contributed by atoms with Gasteiger partial charge in [0.1, 0.15) is 0 Å². The van der Waals surface area contributed by atoms with Crippen molar-refractivity contribution >= 4 is 12.2 Å². The van der Waals surface area contributed by atoms with E-state index in [1.807, 2.05) is 6.92 Å². The van der Waals surface area contributed by atoms with Gasteiger partial charge in [0.05, 0.1) is 6.61 Å². The molecule has 0 aromatic heterocycles. The fourth-order valence-electron chi connectivity index (χ4n) is 0.302. The van der Waals surface area contributed by atoms with E-state index in [-0.39, 0.29) is 6.61 Å². The Kier molecular flexibility index (Phi) is 4.63. The maximum atomic E-state index is 10.4. The summed E-state index contributed by atoms with van der Waals surface area (Å²) < 4.78 is 4.38. The van der Waals surface area contributed by atoms with Crippen LogP contribution < -0.4 is 0 Å². The van der Waals surface area contributed by atoms with Crippen LogP contribution in [-0.2, 0) is 4.74 Å². The van der Waals surface area contributed by atoms with Crippen molar-refractivity contribution in [1.29, 1.82) is 0 Å². The predicted molar refractivity (Wildman–Crippen MR) is 34.5 cm³/mol. The summed E-state index contributed by atoms with van der Waals surface area (Å²) in [5, 5.41) is 13.2. The molecule has 0 saturated heterocycles. The molecule has 0 spiro atoms. The lowest BCUT2D eigenvalue weighted by molar-refractivity contribution is 0.154. The Morgan fingerprint density at radius 3 is 2.55 bits per heavy atom. The van der Waals surface area contributed by atoms with E-state index >= 15 is 0 Å². The molecule has 62 valence electrons. The van der Waals surface area contributed by atoms with Crippen LogP contribution in [0, 0.1) is 0 Å². The molecule has 0 atom stereocenters. The molecule has 0 aliphatic rings. The van der Waals surface area contributed by atoms with Crippen LogP contribution in [0.2, 0.25) is 0 Å². The minimum Gasteiger partial charge on any atom is -0.462 e. The lowest BCUT2D eigenvalue weighted by Gasteiger charge is -1.93. The molecule has 0 aromatic carbocycles. The zero-order valence-corrected chi connectivity index (χ0v) is 5.98. The maximum Gasteiger partial charge on any atom is 0.452 e. The van der Waals surface area contributed by atoms with E-state index in [4.69, 9.17) is 5.11 Å². The van der Waals surface area contributed by atoms with Crippen LogP contribution in [0.4, 0.5) is 9.59 Å². The van der Waals surface area contributed by atoms with Crippen molar-refractivity contribution in [3.63, 3.8) is 0 Å². The highest BCUT2D eigenvalue weighted by molar-refractivity contribution is 5.71. The summed E-state index contributed by atoms with van der Waals surface area (Å²) in [5.74, 6) is 0. The summed E-state index contributed by atoms with van der Waals surface area (Å²) in [4.78, 5) is 20.1. The fourth-order valence-corrected chi connectivity index (χ4v) is 0.302. The molecule has 0 rings (SSSR count). The summed E-state index contributed by atoms with van der Waals surface area (Å²) in [6.45, 7) is 2.03. The van der Waals surface area contributed by atoms with Gasteiger partial charge in [-0.3, -0.25) is 0 Å². The van der Waals surface area contributed by atoms with Crippen molar-refractivity contribution in [2.45, 2.75) is 13.3 Å². The summed E-state index contributed by atoms with van der Waals surface area (Å²) in [7, 11) is 0. The van der Waals surface area contributed by atoms with Gasteiger partial charge in [0.15, 0.2) is 0 Å². The van der Waals surface area contributed by atoms with Gasteiger partial charge in [0, 0.05) is 0 Å². The Morgan fingerprint density at radius 2 is 2.09 bits per heavy atom. The number of nitrogens with zero attached hydrogens (tertiary/aromatic N) is 2. The predicted octanol–water partition coefficient (Wildman–Crippen LogP) is 1.66. The van der Waals surface area contributed by atoms with Gasteiger partial charge in [0.2, 0.25) is 0 Å². The second-order valence-electron chi connectivity index (χ2n) is 1.60. The molecular formula is C5H8N2O4. The van der Waals surface area contributed by atoms with Crippen molar-refractivity contribution in [2.75, 3.05) is 6.61 Å². The van der Waals surface area contributed by atoms with E-state index in [1.165, 1.54) is 0 Å². The third-order valence-electron chi connectivity index (χ3n) is 0.647. The van der Waals surface area contributed by atoms with E-state index < -0.39 is 12.2 Å². The van der Waals surface area contributed by atoms with Crippen molar-refractivity contribution in [1.82, 2.24) is 0 Å². The van der Waals surface area contributed by atoms with Gasteiger partial charge in [0.25, 0.3) is 0 Å². The quantitative estimate of drug-likeness (QED) is 0.622. The summed E-state index contributed by atoms with van der Waals surface area (Å²) in [5.41, 5.74) is 0. The van der Waals surface area contributed by atoms with Gasteiger partial charge in [-0.05, 0) is 6.42 Å². The Balaban J connectivity index is 3.60.